The Kier molecular flexibility index (Phi) is 8.43. The number of carbonyl (C=O) groups is 1. The first-order valence-electron chi connectivity index (χ1n) is 9.17. The van der Waals surface area contributed by atoms with E-state index in [0.717, 1.165) is 42.9 Å². The second kappa shape index (κ2) is 10.8. The van der Waals surface area contributed by atoms with Crippen LogP contribution in [0.15, 0.2) is 52.2 Å². The van der Waals surface area contributed by atoms with Gasteiger partial charge in [-0.1, -0.05) is 30.3 Å². The molecule has 0 spiro atoms. The molecule has 1 aromatic heterocycles. The Balaban J connectivity index is 0.00000280. The van der Waals surface area contributed by atoms with E-state index in [1.165, 1.54) is 16.8 Å². The molecule has 0 unspecified atom stereocenters. The van der Waals surface area contributed by atoms with Gasteiger partial charge in [0.25, 0.3) is 5.56 Å². The van der Waals surface area contributed by atoms with Crippen molar-refractivity contribution in [1.29, 1.82) is 0 Å². The summed E-state index contributed by atoms with van der Waals surface area (Å²) < 4.78 is 2.41. The fourth-order valence-corrected chi connectivity index (χ4v) is 3.09. The Morgan fingerprint density at radius 2 is 1.79 bits per heavy atom. The van der Waals surface area contributed by atoms with Crippen molar-refractivity contribution < 1.29 is 4.79 Å². The molecule has 28 heavy (non-hydrogen) atoms. The first-order valence-corrected chi connectivity index (χ1v) is 9.17. The molecule has 1 aromatic carbocycles. The van der Waals surface area contributed by atoms with E-state index < -0.39 is 11.2 Å². The monoisotopic (exact) mass is 407 g/mol. The molecule has 1 amide bonds. The number of hydrogen-bond donors (Lipinski definition) is 2. The molecule has 1 aliphatic rings. The highest BCUT2D eigenvalue weighted by Gasteiger charge is 2.12. The average Bonchev–Trinajstić information content (AvgIpc) is 2.69. The topological polar surface area (TPSA) is 88.4 Å². The molecule has 0 saturated carbocycles. The Bertz CT molecular complexity index is 875. The van der Waals surface area contributed by atoms with Gasteiger partial charge >= 0.3 is 5.69 Å². The standard InChI is InChI=1S/C19H25N5O3.ClH/c25-17(21-9-13-22-11-7-20-8-12-22)15-24-18(26)6-10-23(19(24)27)14-16-4-2-1-3-5-16;/h1-6,10,20H,7-9,11-15H2,(H,21,25);1H. The molecule has 2 heterocycles. The lowest BCUT2D eigenvalue weighted by Crippen LogP contribution is -2.47. The van der Waals surface area contributed by atoms with Crippen LogP contribution in [0, 0.1) is 0 Å². The lowest BCUT2D eigenvalue weighted by Gasteiger charge is -2.27. The van der Waals surface area contributed by atoms with Gasteiger partial charge in [0.1, 0.15) is 6.54 Å². The second-order valence-corrected chi connectivity index (χ2v) is 6.58. The van der Waals surface area contributed by atoms with Gasteiger partial charge in [-0.3, -0.25) is 23.6 Å². The van der Waals surface area contributed by atoms with Crippen LogP contribution >= 0.6 is 12.4 Å². The van der Waals surface area contributed by atoms with Crippen LogP contribution in [0.5, 0.6) is 0 Å². The zero-order chi connectivity index (χ0) is 19.1. The number of carbonyl (C=O) groups excluding carboxylic acids is 1. The molecule has 1 fully saturated rings. The Morgan fingerprint density at radius 3 is 2.50 bits per heavy atom. The van der Waals surface area contributed by atoms with Crippen molar-refractivity contribution in [2.75, 3.05) is 39.3 Å². The predicted molar refractivity (Wildman–Crippen MR) is 110 cm³/mol. The molecule has 0 radical (unpaired) electrons. The van der Waals surface area contributed by atoms with Crippen molar-refractivity contribution in [3.05, 3.63) is 69.0 Å². The molecule has 0 aliphatic carbocycles. The Labute approximate surface area is 169 Å². The third kappa shape index (κ3) is 6.05. The molecule has 8 nitrogen and oxygen atoms in total. The lowest BCUT2D eigenvalue weighted by atomic mass is 10.2. The number of piperazine rings is 1. The summed E-state index contributed by atoms with van der Waals surface area (Å²) in [5.74, 6) is -0.332. The summed E-state index contributed by atoms with van der Waals surface area (Å²) >= 11 is 0. The van der Waals surface area contributed by atoms with E-state index in [9.17, 15) is 14.4 Å². The van der Waals surface area contributed by atoms with Crippen LogP contribution in [0.1, 0.15) is 5.56 Å². The molecule has 3 rings (SSSR count). The molecule has 152 valence electrons. The van der Waals surface area contributed by atoms with Crippen molar-refractivity contribution in [3.8, 4) is 0 Å². The first-order chi connectivity index (χ1) is 13.1. The number of amides is 1. The van der Waals surface area contributed by atoms with Gasteiger partial charge in [0, 0.05) is 51.5 Å². The Morgan fingerprint density at radius 1 is 1.07 bits per heavy atom. The van der Waals surface area contributed by atoms with E-state index in [4.69, 9.17) is 0 Å². The second-order valence-electron chi connectivity index (χ2n) is 6.58. The number of benzene rings is 1. The highest BCUT2D eigenvalue weighted by atomic mass is 35.5. The Hall–Kier alpha value is -2.42. The minimum atomic E-state index is -0.483. The lowest BCUT2D eigenvalue weighted by molar-refractivity contribution is -0.121. The van der Waals surface area contributed by atoms with Gasteiger partial charge < -0.3 is 10.6 Å². The van der Waals surface area contributed by atoms with Crippen molar-refractivity contribution in [2.45, 2.75) is 13.1 Å². The number of aromatic nitrogens is 2. The van der Waals surface area contributed by atoms with Gasteiger partial charge in [0.2, 0.25) is 5.91 Å². The van der Waals surface area contributed by atoms with Crippen LogP contribution in [0.4, 0.5) is 0 Å². The van der Waals surface area contributed by atoms with Crippen molar-refractivity contribution in [1.82, 2.24) is 24.7 Å². The van der Waals surface area contributed by atoms with Gasteiger partial charge in [-0.25, -0.2) is 4.79 Å². The SMILES string of the molecule is Cl.O=C(Cn1c(=O)ccn(Cc2ccccc2)c1=O)NCCN1CCNCC1. The third-order valence-electron chi connectivity index (χ3n) is 4.60. The number of halogens is 1. The van der Waals surface area contributed by atoms with Crippen LogP contribution in [-0.2, 0) is 17.9 Å². The summed E-state index contributed by atoms with van der Waals surface area (Å²) in [6, 6.07) is 10.8. The maximum atomic E-state index is 12.6. The first kappa shape index (κ1) is 21.9. The molecule has 1 saturated heterocycles. The molecular weight excluding hydrogens is 382 g/mol. The molecule has 1 aliphatic heterocycles. The molecule has 9 heteroatoms. The van der Waals surface area contributed by atoms with E-state index >= 15 is 0 Å². The van der Waals surface area contributed by atoms with Gasteiger partial charge in [-0.2, -0.15) is 0 Å². The van der Waals surface area contributed by atoms with E-state index in [2.05, 4.69) is 15.5 Å². The minimum Gasteiger partial charge on any atom is -0.353 e. The summed E-state index contributed by atoms with van der Waals surface area (Å²) in [6.45, 7) is 5.16. The van der Waals surface area contributed by atoms with Crippen molar-refractivity contribution >= 4 is 18.3 Å². The summed E-state index contributed by atoms with van der Waals surface area (Å²) in [5, 5.41) is 6.07. The number of nitrogens with zero attached hydrogens (tertiary/aromatic N) is 3. The van der Waals surface area contributed by atoms with Crippen molar-refractivity contribution in [3.63, 3.8) is 0 Å². The van der Waals surface area contributed by atoms with Gasteiger partial charge in [-0.05, 0) is 5.56 Å². The number of nitrogens with one attached hydrogen (secondary N) is 2. The highest BCUT2D eigenvalue weighted by Crippen LogP contribution is 1.99. The van der Waals surface area contributed by atoms with E-state index in [-0.39, 0.29) is 24.9 Å². The highest BCUT2D eigenvalue weighted by molar-refractivity contribution is 5.85. The zero-order valence-electron chi connectivity index (χ0n) is 15.7. The maximum Gasteiger partial charge on any atom is 0.331 e. The summed E-state index contributed by atoms with van der Waals surface area (Å²) in [6.07, 6.45) is 1.47. The molecule has 2 N–H and O–H groups in total. The normalized spacial score (nSPS) is 14.3. The molecular formula is C19H26ClN5O3. The van der Waals surface area contributed by atoms with Crippen LogP contribution in [0.3, 0.4) is 0 Å². The van der Waals surface area contributed by atoms with E-state index in [1.807, 2.05) is 30.3 Å². The van der Waals surface area contributed by atoms with E-state index in [0.29, 0.717) is 13.1 Å². The molecule has 0 atom stereocenters. The number of hydrogen-bond acceptors (Lipinski definition) is 5. The molecule has 0 bridgehead atoms. The van der Waals surface area contributed by atoms with Crippen LogP contribution < -0.4 is 21.9 Å². The maximum absolute atomic E-state index is 12.6. The largest absolute Gasteiger partial charge is 0.353 e. The van der Waals surface area contributed by atoms with E-state index in [1.54, 1.807) is 0 Å². The van der Waals surface area contributed by atoms with Gasteiger partial charge in [0.05, 0.1) is 6.54 Å². The summed E-state index contributed by atoms with van der Waals surface area (Å²) in [4.78, 5) is 39.1. The third-order valence-corrected chi connectivity index (χ3v) is 4.60. The van der Waals surface area contributed by atoms with Crippen LogP contribution in [0.25, 0.3) is 0 Å². The summed E-state index contributed by atoms with van der Waals surface area (Å²) in [7, 11) is 0. The average molecular weight is 408 g/mol. The number of rotatable bonds is 7. The minimum absolute atomic E-state index is 0. The van der Waals surface area contributed by atoms with Gasteiger partial charge in [-0.15, -0.1) is 12.4 Å². The fourth-order valence-electron chi connectivity index (χ4n) is 3.09. The fraction of sp³-hybridized carbons (Fsp3) is 0.421. The smallest absolute Gasteiger partial charge is 0.331 e. The molecule has 2 aromatic rings. The predicted octanol–water partition coefficient (Wildman–Crippen LogP) is -0.498. The van der Waals surface area contributed by atoms with Gasteiger partial charge in [0.15, 0.2) is 0 Å². The van der Waals surface area contributed by atoms with Crippen LogP contribution in [0.2, 0.25) is 0 Å². The van der Waals surface area contributed by atoms with Crippen molar-refractivity contribution in [2.24, 2.45) is 0 Å². The quantitative estimate of drug-likeness (QED) is 0.646. The van der Waals surface area contributed by atoms with Crippen LogP contribution in [-0.4, -0.2) is 59.2 Å². The summed E-state index contributed by atoms with van der Waals surface area (Å²) in [5.41, 5.74) is -0.00422. The zero-order valence-corrected chi connectivity index (χ0v) is 16.5.